The van der Waals surface area contributed by atoms with Crippen LogP contribution < -0.4 is 14.8 Å². The van der Waals surface area contributed by atoms with Gasteiger partial charge in [0.15, 0.2) is 11.5 Å². The molecular weight excluding hydrogens is 310 g/mol. The average Bonchev–Trinajstić information content (AvgIpc) is 2.43. The Labute approximate surface area is 122 Å². The molecule has 0 saturated heterocycles. The number of carbonyl (C=O) groups excluding carboxylic acids is 1. The Hall–Kier alpha value is -1.23. The maximum Gasteiger partial charge on any atom is 0.255 e. The Morgan fingerprint density at radius 1 is 1.32 bits per heavy atom. The number of halogens is 1. The standard InChI is InChI=1S/C14H20BrNO3/c1-14(2,8-15)9-16-13(17)10-6-5-7-11(18-3)12(10)19-4/h5-7H,8-9H2,1-4H3,(H,16,17). The summed E-state index contributed by atoms with van der Waals surface area (Å²) in [4.78, 5) is 12.2. The number of para-hydroxylation sites is 1. The van der Waals surface area contributed by atoms with E-state index in [0.29, 0.717) is 23.6 Å². The van der Waals surface area contributed by atoms with Crippen LogP contribution in [0.5, 0.6) is 11.5 Å². The summed E-state index contributed by atoms with van der Waals surface area (Å²) >= 11 is 3.43. The molecule has 1 aromatic rings. The summed E-state index contributed by atoms with van der Waals surface area (Å²) in [5, 5.41) is 3.73. The Bertz CT molecular complexity index is 446. The van der Waals surface area contributed by atoms with Crippen LogP contribution in [0, 0.1) is 5.41 Å². The highest BCUT2D eigenvalue weighted by molar-refractivity contribution is 9.09. The first kappa shape index (κ1) is 15.8. The zero-order valence-electron chi connectivity index (χ0n) is 11.7. The molecule has 1 aromatic carbocycles. The molecule has 106 valence electrons. The predicted molar refractivity (Wildman–Crippen MR) is 79.5 cm³/mol. The summed E-state index contributed by atoms with van der Waals surface area (Å²) in [6, 6.07) is 5.25. The van der Waals surface area contributed by atoms with Gasteiger partial charge in [-0.15, -0.1) is 0 Å². The third-order valence-corrected chi connectivity index (χ3v) is 4.25. The molecule has 1 amide bonds. The molecule has 4 nitrogen and oxygen atoms in total. The first-order valence-electron chi connectivity index (χ1n) is 6.00. The molecule has 0 saturated carbocycles. The van der Waals surface area contributed by atoms with E-state index in [9.17, 15) is 4.79 Å². The average molecular weight is 330 g/mol. The molecule has 0 radical (unpaired) electrons. The van der Waals surface area contributed by atoms with Crippen molar-refractivity contribution in [3.05, 3.63) is 23.8 Å². The molecule has 0 heterocycles. The Balaban J connectivity index is 2.88. The van der Waals surface area contributed by atoms with Crippen LogP contribution in [0.1, 0.15) is 24.2 Å². The van der Waals surface area contributed by atoms with E-state index in [-0.39, 0.29) is 11.3 Å². The molecular formula is C14H20BrNO3. The maximum atomic E-state index is 12.2. The van der Waals surface area contributed by atoms with Crippen LogP contribution >= 0.6 is 15.9 Å². The minimum Gasteiger partial charge on any atom is -0.493 e. The van der Waals surface area contributed by atoms with Crippen LogP contribution in [-0.4, -0.2) is 32.0 Å². The molecule has 0 fully saturated rings. The summed E-state index contributed by atoms with van der Waals surface area (Å²) in [6.45, 7) is 4.73. The summed E-state index contributed by atoms with van der Waals surface area (Å²) in [6.07, 6.45) is 0. The SMILES string of the molecule is COc1cccc(C(=O)NCC(C)(C)CBr)c1OC. The van der Waals surface area contributed by atoms with Crippen molar-refractivity contribution in [3.8, 4) is 11.5 Å². The van der Waals surface area contributed by atoms with Crippen LogP contribution in [0.2, 0.25) is 0 Å². The van der Waals surface area contributed by atoms with Crippen molar-refractivity contribution in [1.82, 2.24) is 5.32 Å². The van der Waals surface area contributed by atoms with E-state index in [1.807, 2.05) is 0 Å². The lowest BCUT2D eigenvalue weighted by Gasteiger charge is -2.22. The quantitative estimate of drug-likeness (QED) is 0.816. The molecule has 1 rings (SSSR count). The fourth-order valence-electron chi connectivity index (χ4n) is 1.53. The van der Waals surface area contributed by atoms with E-state index in [0.717, 1.165) is 5.33 Å². The van der Waals surface area contributed by atoms with Gasteiger partial charge in [-0.3, -0.25) is 4.79 Å². The van der Waals surface area contributed by atoms with Gasteiger partial charge in [0, 0.05) is 11.9 Å². The van der Waals surface area contributed by atoms with Crippen LogP contribution in [-0.2, 0) is 0 Å². The van der Waals surface area contributed by atoms with E-state index in [1.54, 1.807) is 25.3 Å². The number of carbonyl (C=O) groups is 1. The molecule has 0 aliphatic heterocycles. The molecule has 0 atom stereocenters. The number of methoxy groups -OCH3 is 2. The molecule has 19 heavy (non-hydrogen) atoms. The summed E-state index contributed by atoms with van der Waals surface area (Å²) in [5.74, 6) is 0.846. The second kappa shape index (κ2) is 6.80. The van der Waals surface area contributed by atoms with Crippen molar-refractivity contribution < 1.29 is 14.3 Å². The topological polar surface area (TPSA) is 47.6 Å². The fourth-order valence-corrected chi connectivity index (χ4v) is 1.73. The highest BCUT2D eigenvalue weighted by Crippen LogP contribution is 2.30. The number of alkyl halides is 1. The van der Waals surface area contributed by atoms with Crippen LogP contribution in [0.4, 0.5) is 0 Å². The zero-order valence-corrected chi connectivity index (χ0v) is 13.3. The van der Waals surface area contributed by atoms with Crippen molar-refractivity contribution in [2.45, 2.75) is 13.8 Å². The van der Waals surface area contributed by atoms with Crippen molar-refractivity contribution >= 4 is 21.8 Å². The Kier molecular flexibility index (Phi) is 5.66. The third-order valence-electron chi connectivity index (χ3n) is 2.74. The van der Waals surface area contributed by atoms with Crippen molar-refractivity contribution in [1.29, 1.82) is 0 Å². The summed E-state index contributed by atoms with van der Waals surface area (Å²) in [7, 11) is 3.07. The monoisotopic (exact) mass is 329 g/mol. The van der Waals surface area contributed by atoms with Gasteiger partial charge in [0.25, 0.3) is 5.91 Å². The number of benzene rings is 1. The smallest absolute Gasteiger partial charge is 0.255 e. The third kappa shape index (κ3) is 4.13. The lowest BCUT2D eigenvalue weighted by atomic mass is 9.96. The van der Waals surface area contributed by atoms with Crippen LogP contribution in [0.25, 0.3) is 0 Å². The fraction of sp³-hybridized carbons (Fsp3) is 0.500. The van der Waals surface area contributed by atoms with Gasteiger partial charge < -0.3 is 14.8 Å². The van der Waals surface area contributed by atoms with Gasteiger partial charge >= 0.3 is 0 Å². The molecule has 0 aliphatic carbocycles. The van der Waals surface area contributed by atoms with E-state index >= 15 is 0 Å². The lowest BCUT2D eigenvalue weighted by Crippen LogP contribution is -2.35. The van der Waals surface area contributed by atoms with Gasteiger partial charge in [0.1, 0.15) is 0 Å². The Morgan fingerprint density at radius 3 is 2.53 bits per heavy atom. The highest BCUT2D eigenvalue weighted by atomic mass is 79.9. The predicted octanol–water partition coefficient (Wildman–Crippen LogP) is 2.85. The van der Waals surface area contributed by atoms with Crippen molar-refractivity contribution in [3.63, 3.8) is 0 Å². The van der Waals surface area contributed by atoms with Crippen LogP contribution in [0.15, 0.2) is 18.2 Å². The van der Waals surface area contributed by atoms with Crippen LogP contribution in [0.3, 0.4) is 0 Å². The second-order valence-electron chi connectivity index (χ2n) is 5.02. The minimum absolute atomic E-state index is 0.00175. The molecule has 0 aromatic heterocycles. The number of ether oxygens (including phenoxy) is 2. The van der Waals surface area contributed by atoms with Gasteiger partial charge in [-0.1, -0.05) is 35.8 Å². The Morgan fingerprint density at radius 2 is 2.00 bits per heavy atom. The number of hydrogen-bond donors (Lipinski definition) is 1. The molecule has 1 N–H and O–H groups in total. The number of rotatable bonds is 6. The van der Waals surface area contributed by atoms with Gasteiger partial charge in [-0.25, -0.2) is 0 Å². The molecule has 0 bridgehead atoms. The lowest BCUT2D eigenvalue weighted by molar-refractivity contribution is 0.0936. The van der Waals surface area contributed by atoms with E-state index in [1.165, 1.54) is 7.11 Å². The normalized spacial score (nSPS) is 11.0. The van der Waals surface area contributed by atoms with Gasteiger partial charge in [-0.05, 0) is 17.5 Å². The van der Waals surface area contributed by atoms with Crippen molar-refractivity contribution in [2.75, 3.05) is 26.1 Å². The zero-order chi connectivity index (χ0) is 14.5. The number of nitrogens with one attached hydrogen (secondary N) is 1. The first-order valence-corrected chi connectivity index (χ1v) is 7.12. The molecule has 0 spiro atoms. The molecule has 5 heteroatoms. The number of amides is 1. The highest BCUT2D eigenvalue weighted by Gasteiger charge is 2.20. The molecule has 0 aliphatic rings. The van der Waals surface area contributed by atoms with Gasteiger partial charge in [0.2, 0.25) is 0 Å². The van der Waals surface area contributed by atoms with E-state index < -0.39 is 0 Å². The van der Waals surface area contributed by atoms with Gasteiger partial charge in [0.05, 0.1) is 19.8 Å². The van der Waals surface area contributed by atoms with Gasteiger partial charge in [-0.2, -0.15) is 0 Å². The summed E-state index contributed by atoms with van der Waals surface area (Å²) in [5.41, 5.74) is 0.481. The molecule has 0 unspecified atom stereocenters. The largest absolute Gasteiger partial charge is 0.493 e. The second-order valence-corrected chi connectivity index (χ2v) is 5.58. The van der Waals surface area contributed by atoms with Crippen molar-refractivity contribution in [2.24, 2.45) is 5.41 Å². The first-order chi connectivity index (χ1) is 8.95. The van der Waals surface area contributed by atoms with E-state index in [4.69, 9.17) is 9.47 Å². The summed E-state index contributed by atoms with van der Waals surface area (Å²) < 4.78 is 10.4. The maximum absolute atomic E-state index is 12.2. The number of hydrogen-bond acceptors (Lipinski definition) is 3. The minimum atomic E-state index is -0.162. The van der Waals surface area contributed by atoms with E-state index in [2.05, 4.69) is 35.1 Å².